The van der Waals surface area contributed by atoms with Crippen molar-refractivity contribution in [3.63, 3.8) is 0 Å². The van der Waals surface area contributed by atoms with E-state index in [1.807, 2.05) is 24.3 Å². The fourth-order valence-electron chi connectivity index (χ4n) is 4.93. The molecule has 0 radical (unpaired) electrons. The second kappa shape index (κ2) is 6.66. The number of ether oxygens (including phenoxy) is 1. The highest BCUT2D eigenvalue weighted by molar-refractivity contribution is 5.79. The normalized spacial score (nSPS) is 23.4. The van der Waals surface area contributed by atoms with Gasteiger partial charge in [-0.05, 0) is 46.9 Å². The fraction of sp³-hybridized carbons (Fsp3) is 0.391. The van der Waals surface area contributed by atoms with E-state index < -0.39 is 18.0 Å². The Hall–Kier alpha value is -2.82. The van der Waals surface area contributed by atoms with Crippen molar-refractivity contribution in [3.05, 3.63) is 59.7 Å². The third-order valence-corrected chi connectivity index (χ3v) is 6.50. The van der Waals surface area contributed by atoms with Crippen LogP contribution in [0.4, 0.5) is 4.79 Å². The summed E-state index contributed by atoms with van der Waals surface area (Å²) in [6.07, 6.45) is 1.76. The van der Waals surface area contributed by atoms with Gasteiger partial charge in [-0.2, -0.15) is 0 Å². The Morgan fingerprint density at radius 1 is 0.964 bits per heavy atom. The molecule has 0 spiro atoms. The largest absolute Gasteiger partial charge is 0.481 e. The second-order valence-electron chi connectivity index (χ2n) is 8.15. The third-order valence-electron chi connectivity index (χ3n) is 6.50. The molecule has 2 aromatic rings. The van der Waals surface area contributed by atoms with Crippen LogP contribution < -0.4 is 0 Å². The summed E-state index contributed by atoms with van der Waals surface area (Å²) >= 11 is 0. The van der Waals surface area contributed by atoms with Gasteiger partial charge in [0, 0.05) is 19.0 Å². The smallest absolute Gasteiger partial charge is 0.409 e. The lowest BCUT2D eigenvalue weighted by atomic mass is 9.92. The first-order chi connectivity index (χ1) is 13.6. The Kier molecular flexibility index (Phi) is 4.11. The van der Waals surface area contributed by atoms with Crippen molar-refractivity contribution in [3.8, 4) is 11.1 Å². The van der Waals surface area contributed by atoms with E-state index in [4.69, 9.17) is 4.74 Å². The van der Waals surface area contributed by atoms with Gasteiger partial charge in [0.25, 0.3) is 0 Å². The van der Waals surface area contributed by atoms with Crippen LogP contribution in [0, 0.1) is 17.8 Å². The summed E-state index contributed by atoms with van der Waals surface area (Å²) in [5.41, 5.74) is 4.74. The molecule has 28 heavy (non-hydrogen) atoms. The Morgan fingerprint density at radius 3 is 2.14 bits per heavy atom. The van der Waals surface area contributed by atoms with Gasteiger partial charge >= 0.3 is 12.1 Å². The van der Waals surface area contributed by atoms with Crippen molar-refractivity contribution < 1.29 is 19.4 Å². The lowest BCUT2D eigenvalue weighted by Crippen LogP contribution is -2.31. The zero-order chi connectivity index (χ0) is 19.3. The maximum absolute atomic E-state index is 12.7. The number of amides is 1. The van der Waals surface area contributed by atoms with Crippen LogP contribution >= 0.6 is 0 Å². The molecule has 1 saturated carbocycles. The first-order valence-corrected chi connectivity index (χ1v) is 9.96. The summed E-state index contributed by atoms with van der Waals surface area (Å²) in [6, 6.07) is 16.5. The summed E-state index contributed by atoms with van der Waals surface area (Å²) in [6.45, 7) is 1.03. The van der Waals surface area contributed by atoms with Crippen LogP contribution in [-0.2, 0) is 9.53 Å². The topological polar surface area (TPSA) is 66.8 Å². The molecule has 2 atom stereocenters. The molecule has 144 valence electrons. The predicted molar refractivity (Wildman–Crippen MR) is 104 cm³/mol. The monoisotopic (exact) mass is 377 g/mol. The molecule has 0 aromatic heterocycles. The number of hydrogen-bond donors (Lipinski definition) is 1. The van der Waals surface area contributed by atoms with Gasteiger partial charge in [0.1, 0.15) is 6.61 Å². The van der Waals surface area contributed by atoms with Crippen molar-refractivity contribution in [2.75, 3.05) is 19.7 Å². The van der Waals surface area contributed by atoms with Gasteiger partial charge < -0.3 is 14.7 Å². The highest BCUT2D eigenvalue weighted by atomic mass is 16.6. The minimum absolute atomic E-state index is 0.0217. The maximum atomic E-state index is 12.7. The number of benzene rings is 2. The Balaban J connectivity index is 1.30. The van der Waals surface area contributed by atoms with E-state index in [9.17, 15) is 14.7 Å². The van der Waals surface area contributed by atoms with Crippen molar-refractivity contribution >= 4 is 12.1 Å². The van der Waals surface area contributed by atoms with Gasteiger partial charge in [0.2, 0.25) is 0 Å². The SMILES string of the molecule is O=C(O)[C@@H]1CN(C(=O)OCC2c3ccccc3-c3ccccc32)C[C@H]1C1CC1. The quantitative estimate of drug-likeness (QED) is 0.875. The van der Waals surface area contributed by atoms with Crippen molar-refractivity contribution in [2.45, 2.75) is 18.8 Å². The van der Waals surface area contributed by atoms with E-state index in [1.165, 1.54) is 22.3 Å². The van der Waals surface area contributed by atoms with Crippen LogP contribution in [0.2, 0.25) is 0 Å². The average molecular weight is 377 g/mol. The van der Waals surface area contributed by atoms with Crippen molar-refractivity contribution in [1.29, 1.82) is 0 Å². The number of carbonyl (C=O) groups excluding carboxylic acids is 1. The lowest BCUT2D eigenvalue weighted by Gasteiger charge is -2.19. The molecule has 2 aliphatic carbocycles. The van der Waals surface area contributed by atoms with E-state index in [1.54, 1.807) is 4.90 Å². The zero-order valence-electron chi connectivity index (χ0n) is 15.6. The molecule has 0 unspecified atom stereocenters. The Morgan fingerprint density at radius 2 is 1.57 bits per heavy atom. The molecular weight excluding hydrogens is 354 g/mol. The molecule has 2 fully saturated rings. The van der Waals surface area contributed by atoms with Crippen LogP contribution in [0.1, 0.15) is 29.9 Å². The summed E-state index contributed by atoms with van der Waals surface area (Å²) in [4.78, 5) is 25.9. The lowest BCUT2D eigenvalue weighted by molar-refractivity contribution is -0.142. The van der Waals surface area contributed by atoms with E-state index in [2.05, 4.69) is 24.3 Å². The fourth-order valence-corrected chi connectivity index (χ4v) is 4.93. The van der Waals surface area contributed by atoms with Gasteiger partial charge in [0.15, 0.2) is 0 Å². The van der Waals surface area contributed by atoms with Gasteiger partial charge in [0.05, 0.1) is 5.92 Å². The molecule has 5 rings (SSSR count). The van der Waals surface area contributed by atoms with E-state index in [-0.39, 0.29) is 25.0 Å². The summed E-state index contributed by atoms with van der Waals surface area (Å²) in [7, 11) is 0. The molecule has 2 aromatic carbocycles. The number of fused-ring (bicyclic) bond motifs is 3. The molecule has 1 saturated heterocycles. The first kappa shape index (κ1) is 17.3. The molecule has 1 N–H and O–H groups in total. The number of hydrogen-bond acceptors (Lipinski definition) is 3. The number of likely N-dealkylation sites (tertiary alicyclic amines) is 1. The average Bonchev–Trinajstić information content (AvgIpc) is 3.37. The molecule has 1 amide bonds. The molecule has 1 aliphatic heterocycles. The van der Waals surface area contributed by atoms with Crippen molar-refractivity contribution in [1.82, 2.24) is 4.90 Å². The third kappa shape index (κ3) is 2.86. The highest BCUT2D eigenvalue weighted by Gasteiger charge is 2.47. The van der Waals surface area contributed by atoms with Crippen LogP contribution in [0.25, 0.3) is 11.1 Å². The van der Waals surface area contributed by atoms with Gasteiger partial charge in [-0.3, -0.25) is 4.79 Å². The molecule has 5 heteroatoms. The summed E-state index contributed by atoms with van der Waals surface area (Å²) < 4.78 is 5.69. The van der Waals surface area contributed by atoms with E-state index >= 15 is 0 Å². The number of carboxylic acids is 1. The zero-order valence-corrected chi connectivity index (χ0v) is 15.6. The number of aliphatic carboxylic acids is 1. The van der Waals surface area contributed by atoms with Gasteiger partial charge in [-0.25, -0.2) is 4.79 Å². The van der Waals surface area contributed by atoms with Crippen LogP contribution in [0.3, 0.4) is 0 Å². The molecular formula is C23H23NO4. The minimum atomic E-state index is -0.800. The Bertz CT molecular complexity index is 890. The van der Waals surface area contributed by atoms with E-state index in [0.29, 0.717) is 12.5 Å². The highest BCUT2D eigenvalue weighted by Crippen LogP contribution is 2.46. The maximum Gasteiger partial charge on any atom is 0.409 e. The van der Waals surface area contributed by atoms with Crippen LogP contribution in [0.15, 0.2) is 48.5 Å². The number of nitrogens with zero attached hydrogens (tertiary/aromatic N) is 1. The standard InChI is InChI=1S/C23H23NO4/c25-22(26)20-12-24(11-19(20)14-9-10-14)23(27)28-13-21-17-7-3-1-5-15(17)16-6-2-4-8-18(16)21/h1-8,14,19-21H,9-13H2,(H,25,26)/t19-,20+/m0/s1. The van der Waals surface area contributed by atoms with Gasteiger partial charge in [-0.1, -0.05) is 48.5 Å². The predicted octanol–water partition coefficient (Wildman–Crippen LogP) is 3.98. The summed E-state index contributed by atoms with van der Waals surface area (Å²) in [5.74, 6) is -0.724. The number of carboxylic acid groups (broad SMARTS) is 1. The van der Waals surface area contributed by atoms with Crippen LogP contribution in [-0.4, -0.2) is 41.8 Å². The molecule has 1 heterocycles. The second-order valence-corrected chi connectivity index (χ2v) is 8.15. The first-order valence-electron chi connectivity index (χ1n) is 9.96. The Labute approximate surface area is 163 Å². The number of rotatable bonds is 4. The number of carbonyl (C=O) groups is 2. The summed E-state index contributed by atoms with van der Waals surface area (Å²) in [5, 5.41) is 9.50. The van der Waals surface area contributed by atoms with Crippen molar-refractivity contribution in [2.24, 2.45) is 17.8 Å². The van der Waals surface area contributed by atoms with Crippen LogP contribution in [0.5, 0.6) is 0 Å². The van der Waals surface area contributed by atoms with Gasteiger partial charge in [-0.15, -0.1) is 0 Å². The molecule has 5 nitrogen and oxygen atoms in total. The molecule has 3 aliphatic rings. The minimum Gasteiger partial charge on any atom is -0.481 e. The van der Waals surface area contributed by atoms with E-state index in [0.717, 1.165) is 12.8 Å². The molecule has 0 bridgehead atoms.